The predicted octanol–water partition coefficient (Wildman–Crippen LogP) is 9.23. The Labute approximate surface area is 288 Å². The molecule has 254 valence electrons. The molecular formula is C43H62N4. The van der Waals surface area contributed by atoms with Gasteiger partial charge in [0.1, 0.15) is 0 Å². The van der Waals surface area contributed by atoms with Crippen molar-refractivity contribution in [2.24, 2.45) is 0 Å². The molecule has 47 heavy (non-hydrogen) atoms. The number of rotatable bonds is 8. The third kappa shape index (κ3) is 13.0. The summed E-state index contributed by atoms with van der Waals surface area (Å²) in [5.41, 5.74) is 5.56. The Morgan fingerprint density at radius 1 is 0.383 bits per heavy atom. The van der Waals surface area contributed by atoms with E-state index in [2.05, 4.69) is 162 Å². The molecule has 4 aromatic rings. The van der Waals surface area contributed by atoms with E-state index in [-0.39, 0.29) is 0 Å². The van der Waals surface area contributed by atoms with Crippen LogP contribution in [0.25, 0.3) is 0 Å². The first kappa shape index (κ1) is 38.2. The molecule has 0 aliphatic carbocycles. The molecule has 1 aliphatic rings. The summed E-state index contributed by atoms with van der Waals surface area (Å²) in [6.45, 7) is 24.4. The second kappa shape index (κ2) is 21.6. The second-order valence-corrected chi connectivity index (χ2v) is 12.6. The minimum absolute atomic E-state index is 0.411. The molecule has 5 rings (SSSR count). The SMILES string of the molecule is CC.CC.C[C@H]1CN(Cc2ccccc2)[C@@H](C)CN(Cc2ccccc2)[C@@H](C)CN(Cc2ccccc2)CCN1Cc1ccccc1. The van der Waals surface area contributed by atoms with Crippen molar-refractivity contribution in [3.05, 3.63) is 144 Å². The average Bonchev–Trinajstić information content (AvgIpc) is 3.12. The summed E-state index contributed by atoms with van der Waals surface area (Å²) in [6.07, 6.45) is 0. The average molecular weight is 635 g/mol. The molecule has 0 bridgehead atoms. The van der Waals surface area contributed by atoms with Gasteiger partial charge in [-0.15, -0.1) is 0 Å². The van der Waals surface area contributed by atoms with Crippen LogP contribution >= 0.6 is 0 Å². The molecule has 0 spiro atoms. The van der Waals surface area contributed by atoms with Crippen LogP contribution in [0.2, 0.25) is 0 Å². The molecule has 0 unspecified atom stereocenters. The van der Waals surface area contributed by atoms with Gasteiger partial charge in [-0.2, -0.15) is 0 Å². The van der Waals surface area contributed by atoms with Crippen LogP contribution in [0.1, 0.15) is 70.7 Å². The van der Waals surface area contributed by atoms with Gasteiger partial charge in [0.15, 0.2) is 0 Å². The molecule has 0 amide bonds. The summed E-state index contributed by atoms with van der Waals surface area (Å²) < 4.78 is 0. The molecule has 0 N–H and O–H groups in total. The van der Waals surface area contributed by atoms with E-state index in [9.17, 15) is 0 Å². The molecule has 0 radical (unpaired) electrons. The third-order valence-electron chi connectivity index (χ3n) is 9.03. The zero-order chi connectivity index (χ0) is 33.9. The highest BCUT2D eigenvalue weighted by atomic mass is 15.3. The first-order chi connectivity index (χ1) is 23.0. The molecule has 3 atom stereocenters. The standard InChI is InChI=1S/C39H50N4.2C2H6/c1-33-26-40(29-36-16-8-4-9-17-36)24-25-41(30-37-18-10-5-11-19-37)34(2)27-43(32-39-22-14-7-15-23-39)35(3)28-42(33)31-38-20-12-6-13-21-38;2*1-2/h4-23,33-35H,24-32H2,1-3H3;2*1-2H3/t33-,34-,35-;;/m0../s1. The quantitative estimate of drug-likeness (QED) is 0.192. The molecule has 0 saturated carbocycles. The second-order valence-electron chi connectivity index (χ2n) is 12.6. The zero-order valence-corrected chi connectivity index (χ0v) is 30.4. The number of hydrogen-bond donors (Lipinski definition) is 0. The maximum Gasteiger partial charge on any atom is 0.0237 e. The summed E-state index contributed by atoms with van der Waals surface area (Å²) in [4.78, 5) is 10.9. The number of benzene rings is 4. The van der Waals surface area contributed by atoms with Gasteiger partial charge in [0, 0.05) is 77.0 Å². The monoisotopic (exact) mass is 634 g/mol. The summed E-state index contributed by atoms with van der Waals surface area (Å²) in [5, 5.41) is 0. The molecular weight excluding hydrogens is 573 g/mol. The lowest BCUT2D eigenvalue weighted by atomic mass is 10.1. The van der Waals surface area contributed by atoms with Crippen LogP contribution in [0.4, 0.5) is 0 Å². The fourth-order valence-corrected chi connectivity index (χ4v) is 6.45. The van der Waals surface area contributed by atoms with Crippen molar-refractivity contribution in [2.45, 2.75) is 92.8 Å². The Morgan fingerprint density at radius 2 is 0.681 bits per heavy atom. The predicted molar refractivity (Wildman–Crippen MR) is 203 cm³/mol. The lowest BCUT2D eigenvalue weighted by Gasteiger charge is -2.42. The van der Waals surface area contributed by atoms with Gasteiger partial charge in [-0.1, -0.05) is 149 Å². The normalized spacial score (nSPS) is 20.4. The van der Waals surface area contributed by atoms with E-state index >= 15 is 0 Å². The summed E-state index contributed by atoms with van der Waals surface area (Å²) in [7, 11) is 0. The van der Waals surface area contributed by atoms with Crippen molar-refractivity contribution >= 4 is 0 Å². The van der Waals surface area contributed by atoms with Crippen molar-refractivity contribution in [3.8, 4) is 0 Å². The van der Waals surface area contributed by atoms with Gasteiger partial charge in [0.05, 0.1) is 0 Å². The Kier molecular flexibility index (Phi) is 17.5. The minimum atomic E-state index is 0.411. The van der Waals surface area contributed by atoms with E-state index in [1.54, 1.807) is 0 Å². The van der Waals surface area contributed by atoms with Gasteiger partial charge in [-0.05, 0) is 43.0 Å². The van der Waals surface area contributed by atoms with E-state index < -0.39 is 0 Å². The number of nitrogens with zero attached hydrogens (tertiary/aromatic N) is 4. The molecule has 1 aliphatic heterocycles. The zero-order valence-electron chi connectivity index (χ0n) is 30.4. The van der Waals surface area contributed by atoms with Gasteiger partial charge < -0.3 is 0 Å². The first-order valence-corrected chi connectivity index (χ1v) is 18.1. The molecule has 0 aromatic heterocycles. The van der Waals surface area contributed by atoms with Crippen LogP contribution in [0.15, 0.2) is 121 Å². The van der Waals surface area contributed by atoms with Crippen molar-refractivity contribution in [1.29, 1.82) is 0 Å². The fraction of sp³-hybridized carbons (Fsp3) is 0.442. The highest BCUT2D eigenvalue weighted by molar-refractivity contribution is 5.18. The van der Waals surface area contributed by atoms with Crippen molar-refractivity contribution < 1.29 is 0 Å². The van der Waals surface area contributed by atoms with Crippen LogP contribution < -0.4 is 0 Å². The summed E-state index contributed by atoms with van der Waals surface area (Å²) >= 11 is 0. The van der Waals surface area contributed by atoms with Crippen LogP contribution in [0.3, 0.4) is 0 Å². The third-order valence-corrected chi connectivity index (χ3v) is 9.03. The van der Waals surface area contributed by atoms with Crippen molar-refractivity contribution in [3.63, 3.8) is 0 Å². The van der Waals surface area contributed by atoms with Gasteiger partial charge in [-0.3, -0.25) is 19.6 Å². The molecule has 4 heteroatoms. The van der Waals surface area contributed by atoms with E-state index in [0.717, 1.165) is 58.9 Å². The van der Waals surface area contributed by atoms with E-state index in [1.807, 2.05) is 27.7 Å². The van der Waals surface area contributed by atoms with Crippen LogP contribution in [0, 0.1) is 0 Å². The molecule has 1 heterocycles. The van der Waals surface area contributed by atoms with Crippen LogP contribution in [0.5, 0.6) is 0 Å². The van der Waals surface area contributed by atoms with Crippen molar-refractivity contribution in [2.75, 3.05) is 32.7 Å². The Balaban J connectivity index is 0.00000144. The van der Waals surface area contributed by atoms with Gasteiger partial charge in [-0.25, -0.2) is 0 Å². The Bertz CT molecular complexity index is 1320. The first-order valence-electron chi connectivity index (χ1n) is 18.1. The highest BCUT2D eigenvalue weighted by Crippen LogP contribution is 2.20. The fourth-order valence-electron chi connectivity index (χ4n) is 6.45. The topological polar surface area (TPSA) is 13.0 Å². The largest absolute Gasteiger partial charge is 0.296 e. The smallest absolute Gasteiger partial charge is 0.0237 e. The lowest BCUT2D eigenvalue weighted by Crippen LogP contribution is -2.53. The molecule has 4 nitrogen and oxygen atoms in total. The molecule has 4 aromatic carbocycles. The van der Waals surface area contributed by atoms with E-state index in [0.29, 0.717) is 18.1 Å². The van der Waals surface area contributed by atoms with Crippen LogP contribution in [-0.2, 0) is 26.2 Å². The minimum Gasteiger partial charge on any atom is -0.296 e. The van der Waals surface area contributed by atoms with E-state index in [4.69, 9.17) is 0 Å². The Hall–Kier alpha value is -3.28. The number of hydrogen-bond acceptors (Lipinski definition) is 4. The van der Waals surface area contributed by atoms with Gasteiger partial charge in [0.2, 0.25) is 0 Å². The van der Waals surface area contributed by atoms with Crippen molar-refractivity contribution in [1.82, 2.24) is 19.6 Å². The van der Waals surface area contributed by atoms with E-state index in [1.165, 1.54) is 22.3 Å². The van der Waals surface area contributed by atoms with Crippen LogP contribution in [-0.4, -0.2) is 70.4 Å². The Morgan fingerprint density at radius 3 is 1.06 bits per heavy atom. The lowest BCUT2D eigenvalue weighted by molar-refractivity contribution is 0.0500. The van der Waals surface area contributed by atoms with Gasteiger partial charge >= 0.3 is 0 Å². The molecule has 1 saturated heterocycles. The molecule has 1 fully saturated rings. The summed E-state index contributed by atoms with van der Waals surface area (Å²) in [5.74, 6) is 0. The maximum absolute atomic E-state index is 2.73. The maximum atomic E-state index is 2.73. The van der Waals surface area contributed by atoms with Gasteiger partial charge in [0.25, 0.3) is 0 Å². The highest BCUT2D eigenvalue weighted by Gasteiger charge is 2.27. The summed E-state index contributed by atoms with van der Waals surface area (Å²) in [6, 6.07) is 45.3.